The van der Waals surface area contributed by atoms with Crippen molar-refractivity contribution in [1.82, 2.24) is 9.80 Å². The second-order valence-electron chi connectivity index (χ2n) is 5.96. The Bertz CT molecular complexity index is 472. The highest BCUT2D eigenvalue weighted by atomic mass is 32.2. The molecule has 0 aliphatic carbocycles. The van der Waals surface area contributed by atoms with Gasteiger partial charge in [0.15, 0.2) is 15.7 Å². The van der Waals surface area contributed by atoms with Crippen molar-refractivity contribution >= 4 is 15.7 Å². The van der Waals surface area contributed by atoms with Crippen LogP contribution < -0.4 is 5.73 Å². The van der Waals surface area contributed by atoms with Gasteiger partial charge in [-0.2, -0.15) is 0 Å². The second-order valence-corrected chi connectivity index (χ2v) is 8.19. The lowest BCUT2D eigenvalue weighted by Crippen LogP contribution is -2.56. The molecule has 0 aromatic heterocycles. The van der Waals surface area contributed by atoms with E-state index in [4.69, 9.17) is 10.9 Å². The van der Waals surface area contributed by atoms with E-state index in [0.717, 1.165) is 45.4 Å². The number of rotatable bonds is 5. The van der Waals surface area contributed by atoms with Crippen LogP contribution in [0.2, 0.25) is 0 Å². The van der Waals surface area contributed by atoms with Crippen molar-refractivity contribution in [2.75, 3.05) is 37.7 Å². The lowest BCUT2D eigenvalue weighted by molar-refractivity contribution is 0.0889. The molecule has 0 amide bonds. The van der Waals surface area contributed by atoms with E-state index >= 15 is 0 Å². The molecule has 0 radical (unpaired) electrons. The van der Waals surface area contributed by atoms with Crippen molar-refractivity contribution in [2.45, 2.75) is 38.3 Å². The van der Waals surface area contributed by atoms with Gasteiger partial charge in [-0.15, -0.1) is 0 Å². The second kappa shape index (κ2) is 6.93. The predicted octanol–water partition coefficient (Wildman–Crippen LogP) is -0.294. The van der Waals surface area contributed by atoms with Crippen molar-refractivity contribution in [3.8, 4) is 0 Å². The van der Waals surface area contributed by atoms with Crippen LogP contribution in [0.1, 0.15) is 26.2 Å². The van der Waals surface area contributed by atoms with E-state index < -0.39 is 9.84 Å². The Morgan fingerprint density at radius 2 is 2.05 bits per heavy atom. The number of piperazine rings is 1. The van der Waals surface area contributed by atoms with Crippen molar-refractivity contribution in [2.24, 2.45) is 10.9 Å². The van der Waals surface area contributed by atoms with Gasteiger partial charge in [0.2, 0.25) is 0 Å². The smallest absolute Gasteiger partial charge is 0.156 e. The summed E-state index contributed by atoms with van der Waals surface area (Å²) in [4.78, 5) is 4.51. The SMILES string of the molecule is CCCC(C(N)=NO)N1CCN(C2CCS(=O)(=O)C2)CC1. The maximum atomic E-state index is 11.6. The molecule has 2 saturated heterocycles. The highest BCUT2D eigenvalue weighted by Crippen LogP contribution is 2.20. The zero-order valence-corrected chi connectivity index (χ0v) is 13.4. The minimum atomic E-state index is -2.83. The molecule has 0 bridgehead atoms. The molecule has 2 atom stereocenters. The first-order valence-electron chi connectivity index (χ1n) is 7.62. The summed E-state index contributed by atoms with van der Waals surface area (Å²) in [6.45, 7) is 5.43. The molecule has 21 heavy (non-hydrogen) atoms. The lowest BCUT2D eigenvalue weighted by Gasteiger charge is -2.40. The minimum Gasteiger partial charge on any atom is -0.409 e. The van der Waals surface area contributed by atoms with Gasteiger partial charge < -0.3 is 10.9 Å². The van der Waals surface area contributed by atoms with Crippen LogP contribution in [0.5, 0.6) is 0 Å². The maximum absolute atomic E-state index is 11.6. The topological polar surface area (TPSA) is 99.2 Å². The minimum absolute atomic E-state index is 0.0190. The molecule has 2 aliphatic rings. The predicted molar refractivity (Wildman–Crippen MR) is 82.3 cm³/mol. The van der Waals surface area contributed by atoms with E-state index in [1.807, 2.05) is 0 Å². The lowest BCUT2D eigenvalue weighted by atomic mass is 10.1. The first-order chi connectivity index (χ1) is 9.96. The summed E-state index contributed by atoms with van der Waals surface area (Å²) in [5.41, 5.74) is 5.79. The quantitative estimate of drug-likeness (QED) is 0.313. The molecule has 2 rings (SSSR count). The maximum Gasteiger partial charge on any atom is 0.156 e. The number of nitrogens with two attached hydrogens (primary N) is 1. The van der Waals surface area contributed by atoms with Gasteiger partial charge >= 0.3 is 0 Å². The number of sulfone groups is 1. The fourth-order valence-electron chi connectivity index (χ4n) is 3.34. The van der Waals surface area contributed by atoms with Gasteiger partial charge in [-0.25, -0.2) is 8.42 Å². The monoisotopic (exact) mass is 318 g/mol. The molecule has 3 N–H and O–H groups in total. The number of amidine groups is 1. The van der Waals surface area contributed by atoms with Gasteiger partial charge in [0, 0.05) is 32.2 Å². The average molecular weight is 318 g/mol. The number of oxime groups is 1. The van der Waals surface area contributed by atoms with Crippen LogP contribution in [0.25, 0.3) is 0 Å². The largest absolute Gasteiger partial charge is 0.409 e. The molecule has 2 aliphatic heterocycles. The molecule has 7 nitrogen and oxygen atoms in total. The third kappa shape index (κ3) is 4.08. The number of hydrogen-bond donors (Lipinski definition) is 2. The Labute approximate surface area is 126 Å². The summed E-state index contributed by atoms with van der Waals surface area (Å²) in [5.74, 6) is 0.889. The van der Waals surface area contributed by atoms with Gasteiger partial charge in [-0.1, -0.05) is 18.5 Å². The van der Waals surface area contributed by atoms with E-state index in [-0.39, 0.29) is 17.9 Å². The Kier molecular flexibility index (Phi) is 5.45. The summed E-state index contributed by atoms with van der Waals surface area (Å²) in [5, 5.41) is 12.1. The molecule has 0 spiro atoms. The Morgan fingerprint density at radius 1 is 1.38 bits per heavy atom. The fourth-order valence-corrected chi connectivity index (χ4v) is 5.10. The van der Waals surface area contributed by atoms with E-state index in [0.29, 0.717) is 11.5 Å². The van der Waals surface area contributed by atoms with Gasteiger partial charge in [-0.3, -0.25) is 9.80 Å². The van der Waals surface area contributed by atoms with Crippen molar-refractivity contribution < 1.29 is 13.6 Å². The molecule has 122 valence electrons. The van der Waals surface area contributed by atoms with Crippen LogP contribution >= 0.6 is 0 Å². The van der Waals surface area contributed by atoms with Crippen LogP contribution in [-0.4, -0.2) is 79.0 Å². The molecule has 2 unspecified atom stereocenters. The van der Waals surface area contributed by atoms with Crippen LogP contribution in [0, 0.1) is 0 Å². The van der Waals surface area contributed by atoms with Crippen LogP contribution in [0.15, 0.2) is 5.16 Å². The Morgan fingerprint density at radius 3 is 2.52 bits per heavy atom. The van der Waals surface area contributed by atoms with Crippen molar-refractivity contribution in [3.05, 3.63) is 0 Å². The fraction of sp³-hybridized carbons (Fsp3) is 0.923. The van der Waals surface area contributed by atoms with Crippen molar-refractivity contribution in [1.29, 1.82) is 0 Å². The average Bonchev–Trinajstić information content (AvgIpc) is 2.84. The van der Waals surface area contributed by atoms with Crippen LogP contribution in [0.4, 0.5) is 0 Å². The normalized spacial score (nSPS) is 29.6. The molecular formula is C13H26N4O3S. The standard InChI is InChI=1S/C13H26N4O3S/c1-2-3-12(13(14)15-18)17-7-5-16(6-8-17)11-4-9-21(19,20)10-11/h11-12,18H,2-10H2,1H3,(H2,14,15). The summed E-state index contributed by atoms with van der Waals surface area (Å²) in [6, 6.07) is 0.153. The zero-order valence-electron chi connectivity index (χ0n) is 12.6. The molecule has 0 aromatic carbocycles. The summed E-state index contributed by atoms with van der Waals surface area (Å²) in [6.07, 6.45) is 2.59. The van der Waals surface area contributed by atoms with Crippen LogP contribution in [0.3, 0.4) is 0 Å². The van der Waals surface area contributed by atoms with E-state index in [2.05, 4.69) is 21.9 Å². The molecule has 2 heterocycles. The summed E-state index contributed by atoms with van der Waals surface area (Å²) >= 11 is 0. The molecular weight excluding hydrogens is 292 g/mol. The first kappa shape index (κ1) is 16.5. The molecule has 8 heteroatoms. The van der Waals surface area contributed by atoms with Crippen molar-refractivity contribution in [3.63, 3.8) is 0 Å². The molecule has 2 fully saturated rings. The van der Waals surface area contributed by atoms with Gasteiger partial charge in [0.05, 0.1) is 17.5 Å². The third-order valence-corrected chi connectivity index (χ3v) is 6.28. The molecule has 0 aromatic rings. The Hall–Kier alpha value is -0.860. The summed E-state index contributed by atoms with van der Waals surface area (Å²) < 4.78 is 23.1. The van der Waals surface area contributed by atoms with Gasteiger partial charge in [0.25, 0.3) is 0 Å². The van der Waals surface area contributed by atoms with Crippen LogP contribution in [-0.2, 0) is 9.84 Å². The zero-order chi connectivity index (χ0) is 15.5. The van der Waals surface area contributed by atoms with Gasteiger partial charge in [-0.05, 0) is 12.8 Å². The number of hydrogen-bond acceptors (Lipinski definition) is 6. The third-order valence-electron chi connectivity index (χ3n) is 4.53. The highest BCUT2D eigenvalue weighted by molar-refractivity contribution is 7.91. The van der Waals surface area contributed by atoms with E-state index in [1.165, 1.54) is 0 Å². The highest BCUT2D eigenvalue weighted by Gasteiger charge is 2.35. The van der Waals surface area contributed by atoms with E-state index in [1.54, 1.807) is 0 Å². The number of nitrogens with zero attached hydrogens (tertiary/aromatic N) is 3. The summed E-state index contributed by atoms with van der Waals surface area (Å²) in [7, 11) is -2.83. The van der Waals surface area contributed by atoms with E-state index in [9.17, 15) is 8.42 Å². The molecule has 0 saturated carbocycles. The van der Waals surface area contributed by atoms with Gasteiger partial charge in [0.1, 0.15) is 0 Å². The Balaban J connectivity index is 1.90. The first-order valence-corrected chi connectivity index (χ1v) is 9.45.